The van der Waals surface area contributed by atoms with Gasteiger partial charge in [-0.2, -0.15) is 5.10 Å². The van der Waals surface area contributed by atoms with Gasteiger partial charge in [0, 0.05) is 45.7 Å². The SMILES string of the molecule is CCNC(=NCC(=O)NCCOC)NCCCn1cccn1. The van der Waals surface area contributed by atoms with Crippen LogP contribution < -0.4 is 16.0 Å². The quantitative estimate of drug-likeness (QED) is 0.310. The molecule has 0 aliphatic rings. The summed E-state index contributed by atoms with van der Waals surface area (Å²) in [5.74, 6) is 0.524. The Labute approximate surface area is 131 Å². The van der Waals surface area contributed by atoms with Crippen LogP contribution in [0.3, 0.4) is 0 Å². The Hall–Kier alpha value is -2.09. The number of hydrogen-bond donors (Lipinski definition) is 3. The second kappa shape index (κ2) is 11.6. The number of carbonyl (C=O) groups excluding carboxylic acids is 1. The molecule has 8 heteroatoms. The van der Waals surface area contributed by atoms with Crippen molar-refractivity contribution in [2.24, 2.45) is 4.99 Å². The minimum atomic E-state index is -0.120. The van der Waals surface area contributed by atoms with Gasteiger partial charge in [0.2, 0.25) is 5.91 Å². The van der Waals surface area contributed by atoms with E-state index in [1.54, 1.807) is 13.3 Å². The first kappa shape index (κ1) is 18.0. The minimum Gasteiger partial charge on any atom is -0.383 e. The third-order valence-electron chi connectivity index (χ3n) is 2.77. The van der Waals surface area contributed by atoms with Crippen molar-refractivity contribution < 1.29 is 9.53 Å². The molecule has 1 aromatic rings. The zero-order chi connectivity index (χ0) is 16.0. The number of aryl methyl sites for hydroxylation is 1. The highest BCUT2D eigenvalue weighted by Gasteiger charge is 2.01. The Bertz CT molecular complexity index is 433. The zero-order valence-corrected chi connectivity index (χ0v) is 13.3. The second-order valence-electron chi connectivity index (χ2n) is 4.59. The molecule has 0 aliphatic carbocycles. The first-order valence-corrected chi connectivity index (χ1v) is 7.51. The normalized spacial score (nSPS) is 11.3. The van der Waals surface area contributed by atoms with Crippen LogP contribution in [0.25, 0.3) is 0 Å². The monoisotopic (exact) mass is 310 g/mol. The fourth-order valence-electron chi connectivity index (χ4n) is 1.72. The number of methoxy groups -OCH3 is 1. The van der Waals surface area contributed by atoms with Gasteiger partial charge in [-0.15, -0.1) is 0 Å². The lowest BCUT2D eigenvalue weighted by Gasteiger charge is -2.11. The number of amides is 1. The van der Waals surface area contributed by atoms with Gasteiger partial charge < -0.3 is 20.7 Å². The lowest BCUT2D eigenvalue weighted by molar-refractivity contribution is -0.119. The van der Waals surface area contributed by atoms with Gasteiger partial charge in [0.25, 0.3) is 0 Å². The molecule has 0 radical (unpaired) electrons. The van der Waals surface area contributed by atoms with Crippen molar-refractivity contribution in [3.05, 3.63) is 18.5 Å². The van der Waals surface area contributed by atoms with Crippen LogP contribution in [-0.2, 0) is 16.1 Å². The average Bonchev–Trinajstić information content (AvgIpc) is 3.02. The number of aromatic nitrogens is 2. The highest BCUT2D eigenvalue weighted by atomic mass is 16.5. The van der Waals surface area contributed by atoms with E-state index in [9.17, 15) is 4.79 Å². The molecule has 0 aromatic carbocycles. The number of rotatable bonds is 10. The van der Waals surface area contributed by atoms with Crippen molar-refractivity contribution in [3.8, 4) is 0 Å². The van der Waals surface area contributed by atoms with Crippen molar-refractivity contribution in [1.82, 2.24) is 25.7 Å². The van der Waals surface area contributed by atoms with Gasteiger partial charge in [0.15, 0.2) is 5.96 Å². The van der Waals surface area contributed by atoms with Crippen LogP contribution in [0, 0.1) is 0 Å². The lowest BCUT2D eigenvalue weighted by Crippen LogP contribution is -2.39. The topological polar surface area (TPSA) is 92.6 Å². The standard InChI is InChI=1S/C14H26N6O2/c1-3-15-14(18-12-13(21)16-8-11-22-2)17-6-4-9-20-10-5-7-19-20/h5,7,10H,3-4,6,8-9,11-12H2,1-2H3,(H,16,21)(H2,15,17,18). The zero-order valence-electron chi connectivity index (χ0n) is 13.3. The fourth-order valence-corrected chi connectivity index (χ4v) is 1.72. The second-order valence-corrected chi connectivity index (χ2v) is 4.59. The molecule has 0 spiro atoms. The lowest BCUT2D eigenvalue weighted by atomic mass is 10.4. The molecule has 0 unspecified atom stereocenters. The van der Waals surface area contributed by atoms with E-state index in [0.717, 1.165) is 26.1 Å². The average molecular weight is 310 g/mol. The van der Waals surface area contributed by atoms with Crippen molar-refractivity contribution in [2.75, 3.05) is 39.9 Å². The summed E-state index contributed by atoms with van der Waals surface area (Å²) in [6.45, 7) is 5.43. The molecular weight excluding hydrogens is 284 g/mol. The summed E-state index contributed by atoms with van der Waals surface area (Å²) in [4.78, 5) is 15.8. The van der Waals surface area contributed by atoms with E-state index in [1.165, 1.54) is 0 Å². The molecular formula is C14H26N6O2. The summed E-state index contributed by atoms with van der Waals surface area (Å²) in [6.07, 6.45) is 4.62. The van der Waals surface area contributed by atoms with Crippen LogP contribution in [0.4, 0.5) is 0 Å². The van der Waals surface area contributed by atoms with E-state index in [1.807, 2.05) is 23.9 Å². The van der Waals surface area contributed by atoms with Crippen molar-refractivity contribution in [1.29, 1.82) is 0 Å². The highest BCUT2D eigenvalue weighted by Crippen LogP contribution is 1.88. The van der Waals surface area contributed by atoms with Crippen LogP contribution in [0.2, 0.25) is 0 Å². The molecule has 1 heterocycles. The van der Waals surface area contributed by atoms with Crippen molar-refractivity contribution >= 4 is 11.9 Å². The Morgan fingerprint density at radius 1 is 1.32 bits per heavy atom. The van der Waals surface area contributed by atoms with Crippen LogP contribution in [0.5, 0.6) is 0 Å². The third-order valence-corrected chi connectivity index (χ3v) is 2.77. The Morgan fingerprint density at radius 2 is 2.18 bits per heavy atom. The van der Waals surface area contributed by atoms with Gasteiger partial charge in [-0.1, -0.05) is 0 Å². The molecule has 3 N–H and O–H groups in total. The number of guanidine groups is 1. The first-order chi connectivity index (χ1) is 10.8. The molecule has 0 aliphatic heterocycles. The van der Waals surface area contributed by atoms with E-state index in [4.69, 9.17) is 4.74 Å². The van der Waals surface area contributed by atoms with Gasteiger partial charge in [-0.25, -0.2) is 4.99 Å². The molecule has 1 rings (SSSR count). The Balaban J connectivity index is 2.24. The molecule has 0 fully saturated rings. The minimum absolute atomic E-state index is 0.0954. The van der Waals surface area contributed by atoms with Crippen LogP contribution in [0.15, 0.2) is 23.5 Å². The number of nitrogens with zero attached hydrogens (tertiary/aromatic N) is 3. The number of carbonyl (C=O) groups is 1. The summed E-state index contributed by atoms with van der Waals surface area (Å²) < 4.78 is 6.75. The van der Waals surface area contributed by atoms with E-state index < -0.39 is 0 Å². The van der Waals surface area contributed by atoms with Gasteiger partial charge in [0.1, 0.15) is 6.54 Å². The number of ether oxygens (including phenoxy) is 1. The molecule has 0 saturated heterocycles. The van der Waals surface area contributed by atoms with E-state index in [0.29, 0.717) is 19.1 Å². The number of hydrogen-bond acceptors (Lipinski definition) is 4. The van der Waals surface area contributed by atoms with Crippen LogP contribution >= 0.6 is 0 Å². The summed E-state index contributed by atoms with van der Waals surface area (Å²) >= 11 is 0. The molecule has 0 bridgehead atoms. The van der Waals surface area contributed by atoms with Crippen LogP contribution in [-0.4, -0.2) is 61.5 Å². The molecule has 0 saturated carbocycles. The van der Waals surface area contributed by atoms with E-state index >= 15 is 0 Å². The maximum absolute atomic E-state index is 11.6. The highest BCUT2D eigenvalue weighted by molar-refractivity contribution is 5.84. The van der Waals surface area contributed by atoms with E-state index in [2.05, 4.69) is 26.0 Å². The predicted octanol–water partition coefficient (Wildman–Crippen LogP) is -0.409. The molecule has 8 nitrogen and oxygen atoms in total. The van der Waals surface area contributed by atoms with Crippen LogP contribution in [0.1, 0.15) is 13.3 Å². The molecule has 1 amide bonds. The van der Waals surface area contributed by atoms with Gasteiger partial charge >= 0.3 is 0 Å². The maximum Gasteiger partial charge on any atom is 0.241 e. The Kier molecular flexibility index (Phi) is 9.43. The Morgan fingerprint density at radius 3 is 2.86 bits per heavy atom. The summed E-state index contributed by atoms with van der Waals surface area (Å²) in [6, 6.07) is 1.90. The largest absolute Gasteiger partial charge is 0.383 e. The third kappa shape index (κ3) is 8.25. The van der Waals surface area contributed by atoms with Gasteiger partial charge in [-0.3, -0.25) is 9.48 Å². The van der Waals surface area contributed by atoms with Gasteiger partial charge in [-0.05, 0) is 19.4 Å². The summed E-state index contributed by atoms with van der Waals surface area (Å²) in [5, 5.41) is 13.2. The maximum atomic E-state index is 11.6. The smallest absolute Gasteiger partial charge is 0.241 e. The molecule has 22 heavy (non-hydrogen) atoms. The fraction of sp³-hybridized carbons (Fsp3) is 0.643. The molecule has 0 atom stereocenters. The van der Waals surface area contributed by atoms with Gasteiger partial charge in [0.05, 0.1) is 6.61 Å². The predicted molar refractivity (Wildman–Crippen MR) is 85.7 cm³/mol. The first-order valence-electron chi connectivity index (χ1n) is 7.51. The number of aliphatic imine (C=N–C) groups is 1. The van der Waals surface area contributed by atoms with Crippen molar-refractivity contribution in [2.45, 2.75) is 19.9 Å². The molecule has 124 valence electrons. The summed E-state index contributed by atoms with van der Waals surface area (Å²) in [7, 11) is 1.60. The van der Waals surface area contributed by atoms with E-state index in [-0.39, 0.29) is 12.5 Å². The number of nitrogens with one attached hydrogen (secondary N) is 3. The molecule has 1 aromatic heterocycles. The summed E-state index contributed by atoms with van der Waals surface area (Å²) in [5.41, 5.74) is 0. The van der Waals surface area contributed by atoms with Crippen molar-refractivity contribution in [3.63, 3.8) is 0 Å².